The Morgan fingerprint density at radius 1 is 1.26 bits per heavy atom. The molecule has 4 nitrogen and oxygen atoms in total. The lowest BCUT2D eigenvalue weighted by Gasteiger charge is -2.33. The molecule has 2 saturated carbocycles. The van der Waals surface area contributed by atoms with Crippen LogP contribution < -0.4 is 0 Å². The van der Waals surface area contributed by atoms with E-state index in [4.69, 9.17) is 14.6 Å². The summed E-state index contributed by atoms with van der Waals surface area (Å²) in [7, 11) is 0. The molecule has 4 bridgehead atoms. The van der Waals surface area contributed by atoms with Crippen LogP contribution in [0.5, 0.6) is 0 Å². The van der Waals surface area contributed by atoms with Gasteiger partial charge in [0.2, 0.25) is 0 Å². The standard InChI is InChI=1S/C15H20O4/c16-4-1-5-18-15(17)10-7-8-6-9(10)14-12-3-2-11(19-12)13(8)14/h2-3,8-14,16H,1,4-7H2. The van der Waals surface area contributed by atoms with Crippen molar-refractivity contribution in [2.45, 2.75) is 31.5 Å². The molecule has 2 aliphatic heterocycles. The highest BCUT2D eigenvalue weighted by Gasteiger charge is 2.63. The molecule has 0 spiro atoms. The summed E-state index contributed by atoms with van der Waals surface area (Å²) in [5.41, 5.74) is 0. The Hall–Kier alpha value is -0.870. The molecule has 0 radical (unpaired) electrons. The zero-order chi connectivity index (χ0) is 13.0. The molecule has 2 heterocycles. The minimum atomic E-state index is -0.0499. The van der Waals surface area contributed by atoms with Crippen LogP contribution >= 0.6 is 0 Å². The van der Waals surface area contributed by atoms with Gasteiger partial charge in [0.15, 0.2) is 0 Å². The molecule has 4 aliphatic rings. The molecule has 0 amide bonds. The van der Waals surface area contributed by atoms with Crippen LogP contribution in [-0.2, 0) is 14.3 Å². The summed E-state index contributed by atoms with van der Waals surface area (Å²) in [5.74, 6) is 2.32. The van der Waals surface area contributed by atoms with Crippen LogP contribution in [0.2, 0.25) is 0 Å². The lowest BCUT2D eigenvalue weighted by atomic mass is 9.69. The summed E-state index contributed by atoms with van der Waals surface area (Å²) in [6.45, 7) is 0.427. The summed E-state index contributed by atoms with van der Waals surface area (Å²) in [5, 5.41) is 8.73. The van der Waals surface area contributed by atoms with E-state index in [-0.39, 0.29) is 24.6 Å². The van der Waals surface area contributed by atoms with Gasteiger partial charge in [0.25, 0.3) is 0 Å². The highest BCUT2D eigenvalue weighted by molar-refractivity contribution is 5.73. The van der Waals surface area contributed by atoms with Gasteiger partial charge in [-0.15, -0.1) is 0 Å². The van der Waals surface area contributed by atoms with Gasteiger partial charge in [0.1, 0.15) is 0 Å². The van der Waals surface area contributed by atoms with Gasteiger partial charge in [0.05, 0.1) is 24.7 Å². The SMILES string of the molecule is O=C(OCCCO)C1CC2CC1C1C3C=CC(O3)C21. The van der Waals surface area contributed by atoms with Gasteiger partial charge in [0, 0.05) is 13.0 Å². The van der Waals surface area contributed by atoms with E-state index >= 15 is 0 Å². The number of ether oxygens (including phenoxy) is 2. The average Bonchev–Trinajstić information content (AvgIpc) is 3.16. The van der Waals surface area contributed by atoms with Crippen LogP contribution in [0.1, 0.15) is 19.3 Å². The minimum absolute atomic E-state index is 0.0499. The second kappa shape index (κ2) is 4.32. The first kappa shape index (κ1) is 11.9. The maximum absolute atomic E-state index is 12.1. The molecule has 3 fully saturated rings. The van der Waals surface area contributed by atoms with Gasteiger partial charge in [-0.25, -0.2) is 0 Å². The zero-order valence-electron chi connectivity index (χ0n) is 10.9. The monoisotopic (exact) mass is 264 g/mol. The van der Waals surface area contributed by atoms with Crippen molar-refractivity contribution < 1.29 is 19.4 Å². The smallest absolute Gasteiger partial charge is 0.309 e. The summed E-state index contributed by atoms with van der Waals surface area (Å²) >= 11 is 0. The number of hydrogen-bond acceptors (Lipinski definition) is 4. The quantitative estimate of drug-likeness (QED) is 0.470. The Kier molecular flexibility index (Phi) is 2.71. The fourth-order valence-corrected chi connectivity index (χ4v) is 4.94. The molecular formula is C15H20O4. The molecule has 19 heavy (non-hydrogen) atoms. The molecule has 1 N–H and O–H groups in total. The first-order chi connectivity index (χ1) is 9.29. The van der Waals surface area contributed by atoms with Crippen molar-refractivity contribution in [1.82, 2.24) is 0 Å². The lowest BCUT2D eigenvalue weighted by Crippen LogP contribution is -2.37. The van der Waals surface area contributed by atoms with E-state index in [0.29, 0.717) is 42.8 Å². The molecule has 4 rings (SSSR count). The van der Waals surface area contributed by atoms with Crippen LogP contribution in [0.3, 0.4) is 0 Å². The van der Waals surface area contributed by atoms with Crippen LogP contribution in [0.25, 0.3) is 0 Å². The maximum Gasteiger partial charge on any atom is 0.309 e. The highest BCUT2D eigenvalue weighted by atomic mass is 16.5. The Morgan fingerprint density at radius 2 is 2.05 bits per heavy atom. The molecular weight excluding hydrogens is 244 g/mol. The summed E-state index contributed by atoms with van der Waals surface area (Å²) in [6.07, 6.45) is 7.64. The van der Waals surface area contributed by atoms with E-state index in [9.17, 15) is 4.79 Å². The van der Waals surface area contributed by atoms with Crippen molar-refractivity contribution in [2.75, 3.05) is 13.2 Å². The minimum Gasteiger partial charge on any atom is -0.465 e. The molecule has 0 aromatic carbocycles. The number of aliphatic hydroxyl groups excluding tert-OH is 1. The first-order valence-electron chi connectivity index (χ1n) is 7.41. The first-order valence-corrected chi connectivity index (χ1v) is 7.41. The normalized spacial score (nSPS) is 48.8. The number of esters is 1. The largest absolute Gasteiger partial charge is 0.465 e. The third-order valence-electron chi connectivity index (χ3n) is 5.54. The number of carbonyl (C=O) groups excluding carboxylic acids is 1. The van der Waals surface area contributed by atoms with Gasteiger partial charge in [-0.1, -0.05) is 12.2 Å². The molecule has 1 saturated heterocycles. The molecule has 7 atom stereocenters. The highest BCUT2D eigenvalue weighted by Crippen LogP contribution is 2.63. The van der Waals surface area contributed by atoms with Gasteiger partial charge in [-0.3, -0.25) is 4.79 Å². The Morgan fingerprint density at radius 3 is 2.84 bits per heavy atom. The van der Waals surface area contributed by atoms with E-state index < -0.39 is 0 Å². The van der Waals surface area contributed by atoms with E-state index in [0.717, 1.165) is 6.42 Å². The summed E-state index contributed by atoms with van der Waals surface area (Å²) in [6, 6.07) is 0. The van der Waals surface area contributed by atoms with Crippen molar-refractivity contribution in [3.05, 3.63) is 12.2 Å². The fraction of sp³-hybridized carbons (Fsp3) is 0.800. The average molecular weight is 264 g/mol. The maximum atomic E-state index is 12.1. The third-order valence-corrected chi connectivity index (χ3v) is 5.54. The van der Waals surface area contributed by atoms with Gasteiger partial charge < -0.3 is 14.6 Å². The molecule has 0 aromatic rings. The number of fused-ring (bicyclic) bond motifs is 9. The molecule has 0 aromatic heterocycles. The Bertz CT molecular complexity index is 418. The van der Waals surface area contributed by atoms with Crippen molar-refractivity contribution in [3.8, 4) is 0 Å². The van der Waals surface area contributed by atoms with E-state index in [2.05, 4.69) is 12.2 Å². The zero-order valence-corrected chi connectivity index (χ0v) is 10.9. The fourth-order valence-electron chi connectivity index (χ4n) is 4.94. The molecule has 7 unspecified atom stereocenters. The van der Waals surface area contributed by atoms with Gasteiger partial charge >= 0.3 is 5.97 Å². The van der Waals surface area contributed by atoms with Gasteiger partial charge in [-0.2, -0.15) is 0 Å². The number of carbonyl (C=O) groups is 1. The molecule has 2 aliphatic carbocycles. The van der Waals surface area contributed by atoms with E-state index in [1.54, 1.807) is 0 Å². The topological polar surface area (TPSA) is 55.8 Å². The predicted octanol–water partition coefficient (Wildman–Crippen LogP) is 1.14. The molecule has 4 heteroatoms. The summed E-state index contributed by atoms with van der Waals surface area (Å²) in [4.78, 5) is 12.1. The van der Waals surface area contributed by atoms with Crippen molar-refractivity contribution >= 4 is 5.97 Å². The van der Waals surface area contributed by atoms with E-state index in [1.807, 2.05) is 0 Å². The number of aliphatic hydroxyl groups is 1. The van der Waals surface area contributed by atoms with Crippen molar-refractivity contribution in [1.29, 1.82) is 0 Å². The number of hydrogen-bond donors (Lipinski definition) is 1. The van der Waals surface area contributed by atoms with Crippen molar-refractivity contribution in [2.24, 2.45) is 29.6 Å². The molecule has 104 valence electrons. The lowest BCUT2D eigenvalue weighted by molar-refractivity contribution is -0.151. The summed E-state index contributed by atoms with van der Waals surface area (Å²) < 4.78 is 11.2. The van der Waals surface area contributed by atoms with Gasteiger partial charge in [-0.05, 0) is 36.5 Å². The van der Waals surface area contributed by atoms with Crippen molar-refractivity contribution in [3.63, 3.8) is 0 Å². The van der Waals surface area contributed by atoms with Crippen LogP contribution in [0.15, 0.2) is 12.2 Å². The van der Waals surface area contributed by atoms with Crippen LogP contribution in [0.4, 0.5) is 0 Å². The Labute approximate surface area is 112 Å². The van der Waals surface area contributed by atoms with Crippen LogP contribution in [-0.4, -0.2) is 36.5 Å². The second-order valence-electron chi connectivity index (χ2n) is 6.35. The third kappa shape index (κ3) is 1.62. The Balaban J connectivity index is 1.45. The van der Waals surface area contributed by atoms with Crippen LogP contribution in [0, 0.1) is 29.6 Å². The predicted molar refractivity (Wildman–Crippen MR) is 67.1 cm³/mol. The second-order valence-corrected chi connectivity index (χ2v) is 6.35. The number of rotatable bonds is 4. The van der Waals surface area contributed by atoms with E-state index in [1.165, 1.54) is 6.42 Å².